The molecule has 2 N–H and O–H groups in total. The van der Waals surface area contributed by atoms with Gasteiger partial charge in [0.15, 0.2) is 0 Å². The number of rotatable bonds is 9. The summed E-state index contributed by atoms with van der Waals surface area (Å²) in [4.78, 5) is 17.6. The van der Waals surface area contributed by atoms with Gasteiger partial charge in [-0.25, -0.2) is 4.79 Å². The van der Waals surface area contributed by atoms with Crippen LogP contribution >= 0.6 is 0 Å². The van der Waals surface area contributed by atoms with E-state index in [0.29, 0.717) is 26.4 Å². The molecular formula is C24H31N3O4. The molecule has 0 saturated carbocycles. The number of ether oxygens (including phenoxy) is 2. The zero-order valence-electron chi connectivity index (χ0n) is 18.0. The van der Waals surface area contributed by atoms with Crippen LogP contribution in [0.1, 0.15) is 24.4 Å². The Balaban J connectivity index is 1.16. The van der Waals surface area contributed by atoms with E-state index in [2.05, 4.69) is 9.88 Å². The van der Waals surface area contributed by atoms with E-state index in [0.717, 1.165) is 42.7 Å². The summed E-state index contributed by atoms with van der Waals surface area (Å²) < 4.78 is 13.1. The van der Waals surface area contributed by atoms with Gasteiger partial charge >= 0.3 is 5.69 Å². The average molecular weight is 426 g/mol. The van der Waals surface area contributed by atoms with Gasteiger partial charge in [0.1, 0.15) is 12.4 Å². The third-order valence-electron chi connectivity index (χ3n) is 5.84. The summed E-state index contributed by atoms with van der Waals surface area (Å²) in [6.07, 6.45) is 1.24. The summed E-state index contributed by atoms with van der Waals surface area (Å²) in [7, 11) is 0. The molecule has 1 aromatic heterocycles. The van der Waals surface area contributed by atoms with Crippen molar-refractivity contribution in [2.45, 2.75) is 31.9 Å². The summed E-state index contributed by atoms with van der Waals surface area (Å²) >= 11 is 0. The molecule has 31 heavy (non-hydrogen) atoms. The topological polar surface area (TPSA) is 79.7 Å². The summed E-state index contributed by atoms with van der Waals surface area (Å²) in [5.41, 5.74) is 3.01. The first kappa shape index (κ1) is 21.6. The molecule has 0 bridgehead atoms. The number of hydrogen-bond acceptors (Lipinski definition) is 5. The monoisotopic (exact) mass is 425 g/mol. The highest BCUT2D eigenvalue weighted by atomic mass is 16.5. The van der Waals surface area contributed by atoms with Gasteiger partial charge in [0.25, 0.3) is 0 Å². The molecular weight excluding hydrogens is 394 g/mol. The number of β-amino-alcohol motifs (C(OH)–C–C–N with tert-alkyl or cyclic N) is 1. The molecule has 1 atom stereocenters. The molecule has 1 saturated heterocycles. The summed E-state index contributed by atoms with van der Waals surface area (Å²) in [5, 5.41) is 10.3. The molecule has 7 nitrogen and oxygen atoms in total. The zero-order chi connectivity index (χ0) is 21.6. The maximum atomic E-state index is 12.4. The third-order valence-corrected chi connectivity index (χ3v) is 5.84. The number of hydrogen-bond donors (Lipinski definition) is 2. The Labute approximate surface area is 182 Å². The second-order valence-electron chi connectivity index (χ2n) is 8.24. The Bertz CT molecular complexity index is 1020. The summed E-state index contributed by atoms with van der Waals surface area (Å²) in [6.45, 7) is 5.51. The average Bonchev–Trinajstić information content (AvgIpc) is 3.11. The van der Waals surface area contributed by atoms with Crippen LogP contribution in [0.4, 0.5) is 0 Å². The predicted octanol–water partition coefficient (Wildman–Crippen LogP) is 2.73. The number of fused-ring (bicyclic) bond motifs is 1. The van der Waals surface area contributed by atoms with Crippen LogP contribution in [0, 0.1) is 6.92 Å². The van der Waals surface area contributed by atoms with Crippen LogP contribution in [-0.2, 0) is 4.74 Å². The molecule has 1 aliphatic heterocycles. The van der Waals surface area contributed by atoms with Crippen molar-refractivity contribution in [1.82, 2.24) is 14.5 Å². The van der Waals surface area contributed by atoms with E-state index in [-0.39, 0.29) is 11.7 Å². The second-order valence-corrected chi connectivity index (χ2v) is 8.24. The Morgan fingerprint density at radius 1 is 1.10 bits per heavy atom. The van der Waals surface area contributed by atoms with E-state index in [1.807, 2.05) is 60.0 Å². The number of aromatic amines is 1. The lowest BCUT2D eigenvalue weighted by Crippen LogP contribution is -2.41. The number of piperidine rings is 1. The SMILES string of the molecule is Cc1ccc(OCCOCC(O)CN2CCC(n3c(=O)[nH]c4ccccc43)CC2)cc1. The smallest absolute Gasteiger partial charge is 0.326 e. The molecule has 7 heteroatoms. The van der Waals surface area contributed by atoms with Crippen LogP contribution in [-0.4, -0.2) is 65.1 Å². The number of H-pyrrole nitrogens is 1. The largest absolute Gasteiger partial charge is 0.491 e. The Morgan fingerprint density at radius 3 is 2.61 bits per heavy atom. The standard InChI is InChI=1S/C24H31N3O4/c1-18-6-8-21(9-7-18)31-15-14-30-17-20(28)16-26-12-10-19(11-13-26)27-23-5-3-2-4-22(23)25-24(27)29/h2-9,19-20,28H,10-17H2,1H3,(H,25,29). The zero-order valence-corrected chi connectivity index (χ0v) is 18.0. The fourth-order valence-electron chi connectivity index (χ4n) is 4.22. The van der Waals surface area contributed by atoms with Crippen LogP contribution in [0.2, 0.25) is 0 Å². The molecule has 0 aliphatic carbocycles. The summed E-state index contributed by atoms with van der Waals surface area (Å²) in [6, 6.07) is 15.9. The van der Waals surface area contributed by atoms with Crippen molar-refractivity contribution in [1.29, 1.82) is 0 Å². The van der Waals surface area contributed by atoms with Crippen LogP contribution in [0.3, 0.4) is 0 Å². The van der Waals surface area contributed by atoms with E-state index >= 15 is 0 Å². The minimum atomic E-state index is -0.535. The van der Waals surface area contributed by atoms with Gasteiger partial charge in [-0.2, -0.15) is 0 Å². The minimum absolute atomic E-state index is 0.0408. The van der Waals surface area contributed by atoms with Gasteiger partial charge in [-0.15, -0.1) is 0 Å². The fourth-order valence-corrected chi connectivity index (χ4v) is 4.22. The highest BCUT2D eigenvalue weighted by molar-refractivity contribution is 5.75. The van der Waals surface area contributed by atoms with E-state index in [9.17, 15) is 9.90 Å². The number of para-hydroxylation sites is 2. The number of aromatic nitrogens is 2. The predicted molar refractivity (Wildman–Crippen MR) is 121 cm³/mol. The van der Waals surface area contributed by atoms with Crippen molar-refractivity contribution < 1.29 is 14.6 Å². The molecule has 0 radical (unpaired) electrons. The second kappa shape index (κ2) is 10.1. The maximum Gasteiger partial charge on any atom is 0.326 e. The first-order valence-electron chi connectivity index (χ1n) is 11.0. The maximum absolute atomic E-state index is 12.4. The number of nitrogens with zero attached hydrogens (tertiary/aromatic N) is 2. The van der Waals surface area contributed by atoms with Crippen molar-refractivity contribution >= 4 is 11.0 Å². The van der Waals surface area contributed by atoms with Crippen LogP contribution in [0.15, 0.2) is 53.3 Å². The number of likely N-dealkylation sites (tertiary alicyclic amines) is 1. The molecule has 166 valence electrons. The molecule has 1 unspecified atom stereocenters. The third kappa shape index (κ3) is 5.55. The number of benzene rings is 2. The quantitative estimate of drug-likeness (QED) is 0.516. The van der Waals surface area contributed by atoms with Crippen molar-refractivity contribution in [3.8, 4) is 5.75 Å². The lowest BCUT2D eigenvalue weighted by Gasteiger charge is -2.33. The van der Waals surface area contributed by atoms with Gasteiger partial charge in [0.2, 0.25) is 0 Å². The van der Waals surface area contributed by atoms with E-state index in [1.54, 1.807) is 0 Å². The number of aliphatic hydroxyl groups excluding tert-OH is 1. The number of nitrogens with one attached hydrogen (secondary N) is 1. The fraction of sp³-hybridized carbons (Fsp3) is 0.458. The van der Waals surface area contributed by atoms with Crippen molar-refractivity contribution in [3.05, 3.63) is 64.6 Å². The van der Waals surface area contributed by atoms with Gasteiger partial charge < -0.3 is 24.5 Å². The molecule has 3 aromatic rings. The Hall–Kier alpha value is -2.61. The van der Waals surface area contributed by atoms with Gasteiger partial charge in [-0.1, -0.05) is 29.8 Å². The number of imidazole rings is 1. The molecule has 4 rings (SSSR count). The van der Waals surface area contributed by atoms with Crippen molar-refractivity contribution in [2.75, 3.05) is 39.5 Å². The molecule has 2 heterocycles. The normalized spacial score (nSPS) is 16.6. The first-order valence-corrected chi connectivity index (χ1v) is 11.0. The molecule has 1 aliphatic rings. The van der Waals surface area contributed by atoms with Gasteiger partial charge in [-0.05, 0) is 44.0 Å². The van der Waals surface area contributed by atoms with Gasteiger partial charge in [-0.3, -0.25) is 4.57 Å². The number of aliphatic hydroxyl groups is 1. The lowest BCUT2D eigenvalue weighted by molar-refractivity contribution is 0.00327. The van der Waals surface area contributed by atoms with E-state index < -0.39 is 6.10 Å². The first-order chi connectivity index (χ1) is 15.1. The van der Waals surface area contributed by atoms with Crippen LogP contribution < -0.4 is 10.4 Å². The Morgan fingerprint density at radius 2 is 1.84 bits per heavy atom. The highest BCUT2D eigenvalue weighted by Crippen LogP contribution is 2.24. The molecule has 0 amide bonds. The molecule has 2 aromatic carbocycles. The Kier molecular flexibility index (Phi) is 7.06. The number of aryl methyl sites for hydroxylation is 1. The van der Waals surface area contributed by atoms with Gasteiger partial charge in [0, 0.05) is 25.7 Å². The van der Waals surface area contributed by atoms with E-state index in [4.69, 9.17) is 9.47 Å². The minimum Gasteiger partial charge on any atom is -0.491 e. The van der Waals surface area contributed by atoms with Crippen molar-refractivity contribution in [3.63, 3.8) is 0 Å². The van der Waals surface area contributed by atoms with Gasteiger partial charge in [0.05, 0.1) is 30.4 Å². The lowest BCUT2D eigenvalue weighted by atomic mass is 10.0. The van der Waals surface area contributed by atoms with E-state index in [1.165, 1.54) is 5.56 Å². The molecule has 0 spiro atoms. The summed E-state index contributed by atoms with van der Waals surface area (Å²) in [5.74, 6) is 0.826. The van der Waals surface area contributed by atoms with Crippen molar-refractivity contribution in [2.24, 2.45) is 0 Å². The highest BCUT2D eigenvalue weighted by Gasteiger charge is 2.24. The van der Waals surface area contributed by atoms with Crippen LogP contribution in [0.5, 0.6) is 5.75 Å². The molecule has 1 fully saturated rings. The van der Waals surface area contributed by atoms with Crippen LogP contribution in [0.25, 0.3) is 11.0 Å².